The van der Waals surface area contributed by atoms with Crippen LogP contribution in [0, 0.1) is 0 Å². The van der Waals surface area contributed by atoms with E-state index in [-0.39, 0.29) is 0 Å². The van der Waals surface area contributed by atoms with Crippen molar-refractivity contribution in [2.75, 3.05) is 0 Å². The van der Waals surface area contributed by atoms with Gasteiger partial charge >= 0.3 is 0 Å². The molecule has 0 amide bonds. The van der Waals surface area contributed by atoms with Crippen LogP contribution in [-0.2, 0) is 0 Å². The van der Waals surface area contributed by atoms with Crippen LogP contribution in [0.15, 0.2) is 46.5 Å². The number of nitrogens with zero attached hydrogens (tertiary/aromatic N) is 2. The zero-order valence-electron chi connectivity index (χ0n) is 7.01. The zero-order valence-corrected chi connectivity index (χ0v) is 7.01. The molecule has 13 heavy (non-hydrogen) atoms. The third kappa shape index (κ3) is 0.886. The molecule has 0 aromatic heterocycles. The highest BCUT2D eigenvalue weighted by molar-refractivity contribution is 6.36. The summed E-state index contributed by atoms with van der Waals surface area (Å²) in [6.07, 6.45) is 5.76. The van der Waals surface area contributed by atoms with Crippen LogP contribution in [0.5, 0.6) is 0 Å². The quantitative estimate of drug-likeness (QED) is 0.568. The molecular weight excluding hydrogens is 160 g/mol. The Morgan fingerprint density at radius 3 is 3.08 bits per heavy atom. The average Bonchev–Trinajstić information content (AvgIpc) is 2.56. The van der Waals surface area contributed by atoms with Gasteiger partial charge in [-0.05, 0) is 11.6 Å². The number of allylic oxidation sites excluding steroid dienone is 1. The Balaban J connectivity index is 2.22. The van der Waals surface area contributed by atoms with E-state index in [0.717, 1.165) is 11.4 Å². The molecular formula is C11H8N2. The predicted molar refractivity (Wildman–Crippen MR) is 53.9 cm³/mol. The van der Waals surface area contributed by atoms with Crippen molar-refractivity contribution < 1.29 is 0 Å². The van der Waals surface area contributed by atoms with E-state index in [1.807, 2.05) is 24.5 Å². The minimum absolute atomic E-state index is 0.341. The molecule has 1 aromatic carbocycles. The molecule has 1 atom stereocenters. The van der Waals surface area contributed by atoms with Gasteiger partial charge in [0.25, 0.3) is 0 Å². The van der Waals surface area contributed by atoms with E-state index >= 15 is 0 Å². The lowest BCUT2D eigenvalue weighted by Gasteiger charge is -2.08. The van der Waals surface area contributed by atoms with Crippen LogP contribution in [0.3, 0.4) is 0 Å². The van der Waals surface area contributed by atoms with Crippen LogP contribution in [0.4, 0.5) is 5.69 Å². The highest BCUT2D eigenvalue weighted by Gasteiger charge is 2.24. The summed E-state index contributed by atoms with van der Waals surface area (Å²) in [4.78, 5) is 8.56. The number of rotatable bonds is 0. The zero-order chi connectivity index (χ0) is 8.67. The van der Waals surface area contributed by atoms with Gasteiger partial charge in [0.1, 0.15) is 0 Å². The van der Waals surface area contributed by atoms with E-state index < -0.39 is 0 Å². The lowest BCUT2D eigenvalue weighted by atomic mass is 9.95. The normalized spacial score (nSPS) is 22.5. The van der Waals surface area contributed by atoms with E-state index in [1.54, 1.807) is 0 Å². The first-order chi connectivity index (χ1) is 6.45. The van der Waals surface area contributed by atoms with Gasteiger partial charge in [-0.25, -0.2) is 0 Å². The monoisotopic (exact) mass is 168 g/mol. The van der Waals surface area contributed by atoms with Crippen LogP contribution in [0.1, 0.15) is 11.5 Å². The molecule has 1 aromatic rings. The molecule has 0 radical (unpaired) electrons. The highest BCUT2D eigenvalue weighted by Crippen LogP contribution is 2.36. The number of aliphatic imine (C=N–C) groups is 2. The number of hydrogen-bond donors (Lipinski definition) is 0. The molecule has 2 heteroatoms. The summed E-state index contributed by atoms with van der Waals surface area (Å²) in [7, 11) is 0. The van der Waals surface area contributed by atoms with Crippen LogP contribution in [0.2, 0.25) is 0 Å². The maximum atomic E-state index is 4.49. The first-order valence-electron chi connectivity index (χ1n) is 4.32. The minimum atomic E-state index is 0.341. The molecule has 0 bridgehead atoms. The summed E-state index contributed by atoms with van der Waals surface area (Å²) >= 11 is 0. The second-order valence-electron chi connectivity index (χ2n) is 3.19. The summed E-state index contributed by atoms with van der Waals surface area (Å²) < 4.78 is 0. The number of para-hydroxylation sites is 1. The Morgan fingerprint density at radius 2 is 2.08 bits per heavy atom. The van der Waals surface area contributed by atoms with Crippen molar-refractivity contribution in [3.8, 4) is 0 Å². The fourth-order valence-electron chi connectivity index (χ4n) is 1.79. The van der Waals surface area contributed by atoms with Crippen LogP contribution in [0.25, 0.3) is 0 Å². The number of benzene rings is 1. The van der Waals surface area contributed by atoms with E-state index in [2.05, 4.69) is 28.2 Å². The second kappa shape index (κ2) is 2.39. The largest absolute Gasteiger partial charge is 0.263 e. The Bertz CT molecular complexity index is 441. The third-order valence-corrected chi connectivity index (χ3v) is 2.41. The molecule has 2 aliphatic heterocycles. The topological polar surface area (TPSA) is 24.7 Å². The van der Waals surface area contributed by atoms with Crippen molar-refractivity contribution in [3.05, 3.63) is 42.1 Å². The van der Waals surface area contributed by atoms with Crippen molar-refractivity contribution in [3.63, 3.8) is 0 Å². The van der Waals surface area contributed by atoms with Gasteiger partial charge in [0, 0.05) is 18.3 Å². The van der Waals surface area contributed by atoms with Gasteiger partial charge < -0.3 is 0 Å². The van der Waals surface area contributed by atoms with Gasteiger partial charge in [-0.2, -0.15) is 0 Å². The molecule has 0 N–H and O–H groups in total. The van der Waals surface area contributed by atoms with Gasteiger partial charge in [-0.1, -0.05) is 24.3 Å². The number of hydrogen-bond acceptors (Lipinski definition) is 2. The van der Waals surface area contributed by atoms with Gasteiger partial charge in [0.15, 0.2) is 0 Å². The van der Waals surface area contributed by atoms with Gasteiger partial charge in [0.05, 0.1) is 11.4 Å². The fourth-order valence-corrected chi connectivity index (χ4v) is 1.79. The summed E-state index contributed by atoms with van der Waals surface area (Å²) in [5.74, 6) is 0.341. The molecule has 62 valence electrons. The number of fused-ring (bicyclic) bond motifs is 3. The SMILES string of the molecule is C1=CC2C(=Nc3ccccc32)C=N1. The molecule has 3 rings (SSSR count). The molecule has 0 saturated carbocycles. The first kappa shape index (κ1) is 6.78. The molecule has 0 saturated heterocycles. The second-order valence-corrected chi connectivity index (χ2v) is 3.19. The fraction of sp³-hybridized carbons (Fsp3) is 0.0909. The summed E-state index contributed by atoms with van der Waals surface area (Å²) in [6, 6.07) is 8.24. The van der Waals surface area contributed by atoms with E-state index in [0.29, 0.717) is 5.92 Å². The van der Waals surface area contributed by atoms with E-state index in [1.165, 1.54) is 5.56 Å². The van der Waals surface area contributed by atoms with Crippen molar-refractivity contribution in [2.24, 2.45) is 9.98 Å². The molecule has 0 fully saturated rings. The van der Waals surface area contributed by atoms with Crippen LogP contribution in [-0.4, -0.2) is 11.9 Å². The van der Waals surface area contributed by atoms with Gasteiger partial charge in [-0.3, -0.25) is 9.98 Å². The third-order valence-electron chi connectivity index (χ3n) is 2.41. The Kier molecular flexibility index (Phi) is 1.25. The van der Waals surface area contributed by atoms with Crippen molar-refractivity contribution in [2.45, 2.75) is 5.92 Å². The summed E-state index contributed by atoms with van der Waals surface area (Å²) in [5.41, 5.74) is 3.43. The van der Waals surface area contributed by atoms with Crippen molar-refractivity contribution >= 4 is 17.6 Å². The summed E-state index contributed by atoms with van der Waals surface area (Å²) in [5, 5.41) is 0. The average molecular weight is 168 g/mol. The summed E-state index contributed by atoms with van der Waals surface area (Å²) in [6.45, 7) is 0. The Morgan fingerprint density at radius 1 is 1.15 bits per heavy atom. The van der Waals surface area contributed by atoms with E-state index in [9.17, 15) is 0 Å². The minimum Gasteiger partial charge on any atom is -0.263 e. The van der Waals surface area contributed by atoms with Gasteiger partial charge in [0.2, 0.25) is 0 Å². The maximum Gasteiger partial charge on any atom is 0.0707 e. The molecule has 1 unspecified atom stereocenters. The molecule has 2 nitrogen and oxygen atoms in total. The standard InChI is InChI=1S/C11H8N2/c1-2-4-10-8(3-1)9-5-6-12-7-11(9)13-10/h1-7,9H. The Labute approximate surface area is 76.3 Å². The van der Waals surface area contributed by atoms with Crippen molar-refractivity contribution in [1.29, 1.82) is 0 Å². The smallest absolute Gasteiger partial charge is 0.0707 e. The van der Waals surface area contributed by atoms with Gasteiger partial charge in [-0.15, -0.1) is 0 Å². The van der Waals surface area contributed by atoms with Crippen LogP contribution < -0.4 is 0 Å². The molecule has 0 aliphatic carbocycles. The van der Waals surface area contributed by atoms with E-state index in [4.69, 9.17) is 0 Å². The lowest BCUT2D eigenvalue weighted by Crippen LogP contribution is -2.09. The molecule has 0 spiro atoms. The maximum absolute atomic E-state index is 4.49. The van der Waals surface area contributed by atoms with Crippen molar-refractivity contribution in [1.82, 2.24) is 0 Å². The molecule has 2 aliphatic rings. The van der Waals surface area contributed by atoms with Crippen LogP contribution >= 0.6 is 0 Å². The Hall–Kier alpha value is -1.70. The lowest BCUT2D eigenvalue weighted by molar-refractivity contribution is 1.18. The predicted octanol–water partition coefficient (Wildman–Crippen LogP) is 2.45. The highest BCUT2D eigenvalue weighted by atomic mass is 14.8. The molecule has 2 heterocycles. The first-order valence-corrected chi connectivity index (χ1v) is 4.32.